The molecule has 19 heavy (non-hydrogen) atoms. The second-order valence-electron chi connectivity index (χ2n) is 4.83. The molecular weight excluding hydrogens is 242 g/mol. The Labute approximate surface area is 115 Å². The van der Waals surface area contributed by atoms with Crippen molar-refractivity contribution in [2.24, 2.45) is 0 Å². The third kappa shape index (κ3) is 5.70. The molecule has 0 spiro atoms. The van der Waals surface area contributed by atoms with Crippen LogP contribution in [0.4, 0.5) is 5.69 Å². The Morgan fingerprint density at radius 1 is 1.47 bits per heavy atom. The maximum atomic E-state index is 11.8. The second-order valence-corrected chi connectivity index (χ2v) is 4.83. The molecule has 0 fully saturated rings. The normalized spacial score (nSPS) is 10.6. The molecule has 106 valence electrons. The van der Waals surface area contributed by atoms with E-state index in [1.54, 1.807) is 26.4 Å². The van der Waals surface area contributed by atoms with E-state index < -0.39 is 0 Å². The molecule has 0 radical (unpaired) electrons. The number of amides is 1. The Morgan fingerprint density at radius 2 is 2.21 bits per heavy atom. The maximum absolute atomic E-state index is 11.8. The number of hydrogen-bond acceptors (Lipinski definition) is 4. The lowest BCUT2D eigenvalue weighted by Crippen LogP contribution is -2.22. The summed E-state index contributed by atoms with van der Waals surface area (Å²) in [6, 6.07) is 3.63. The molecule has 1 rings (SSSR count). The van der Waals surface area contributed by atoms with Gasteiger partial charge in [-0.25, -0.2) is 0 Å². The first kappa shape index (κ1) is 15.4. The van der Waals surface area contributed by atoms with Crippen LogP contribution in [0.25, 0.3) is 0 Å². The van der Waals surface area contributed by atoms with Crippen LogP contribution in [0, 0.1) is 0 Å². The van der Waals surface area contributed by atoms with Gasteiger partial charge < -0.3 is 15.0 Å². The highest BCUT2D eigenvalue weighted by Gasteiger charge is 2.09. The van der Waals surface area contributed by atoms with Gasteiger partial charge in [-0.15, -0.1) is 0 Å². The van der Waals surface area contributed by atoms with Gasteiger partial charge in [-0.2, -0.15) is 0 Å². The van der Waals surface area contributed by atoms with Gasteiger partial charge in [0, 0.05) is 39.1 Å². The van der Waals surface area contributed by atoms with Crippen molar-refractivity contribution < 1.29 is 9.53 Å². The molecule has 1 amide bonds. The molecular formula is C14H23N3O2. The van der Waals surface area contributed by atoms with E-state index in [4.69, 9.17) is 4.74 Å². The molecule has 1 N–H and O–H groups in total. The number of carbonyl (C=O) groups excluding carboxylic acids is 1. The number of rotatable bonds is 7. The summed E-state index contributed by atoms with van der Waals surface area (Å²) in [5, 5.41) is 3.26. The lowest BCUT2D eigenvalue weighted by atomic mass is 10.3. The van der Waals surface area contributed by atoms with E-state index in [0.29, 0.717) is 5.69 Å². The standard InChI is InChI=1S/C14H23N3O2/c1-11(2)19-9-5-7-15-12-6-8-16-13(10-12)14(18)17(3)4/h6,8,10-11H,5,7,9H2,1-4H3,(H,15,16). The van der Waals surface area contributed by atoms with Gasteiger partial charge in [-0.05, 0) is 32.4 Å². The highest BCUT2D eigenvalue weighted by Crippen LogP contribution is 2.09. The molecule has 0 saturated heterocycles. The van der Waals surface area contributed by atoms with Crippen LogP contribution in [0.3, 0.4) is 0 Å². The van der Waals surface area contributed by atoms with Crippen molar-refractivity contribution in [3.63, 3.8) is 0 Å². The van der Waals surface area contributed by atoms with Gasteiger partial charge in [0.05, 0.1) is 6.10 Å². The van der Waals surface area contributed by atoms with Crippen molar-refractivity contribution in [3.8, 4) is 0 Å². The molecule has 0 saturated carbocycles. The van der Waals surface area contributed by atoms with Crippen molar-refractivity contribution in [2.45, 2.75) is 26.4 Å². The zero-order valence-electron chi connectivity index (χ0n) is 12.1. The third-order valence-corrected chi connectivity index (χ3v) is 2.49. The Balaban J connectivity index is 2.42. The van der Waals surface area contributed by atoms with Crippen LogP contribution in [0.5, 0.6) is 0 Å². The Kier molecular flexibility index (Phi) is 6.29. The van der Waals surface area contributed by atoms with Crippen molar-refractivity contribution in [2.75, 3.05) is 32.6 Å². The van der Waals surface area contributed by atoms with Crippen LogP contribution in [0.1, 0.15) is 30.8 Å². The van der Waals surface area contributed by atoms with Crippen LogP contribution in [0.15, 0.2) is 18.3 Å². The molecule has 1 aromatic rings. The summed E-state index contributed by atoms with van der Waals surface area (Å²) in [6.45, 7) is 5.59. The van der Waals surface area contributed by atoms with Crippen LogP contribution in [0.2, 0.25) is 0 Å². The summed E-state index contributed by atoms with van der Waals surface area (Å²) >= 11 is 0. The summed E-state index contributed by atoms with van der Waals surface area (Å²) in [6.07, 6.45) is 2.84. The van der Waals surface area contributed by atoms with Crippen molar-refractivity contribution in [3.05, 3.63) is 24.0 Å². The van der Waals surface area contributed by atoms with Crippen LogP contribution in [-0.2, 0) is 4.74 Å². The molecule has 0 bridgehead atoms. The number of anilines is 1. The summed E-state index contributed by atoms with van der Waals surface area (Å²) in [4.78, 5) is 17.4. The fourth-order valence-electron chi connectivity index (χ4n) is 1.51. The minimum Gasteiger partial charge on any atom is -0.385 e. The van der Waals surface area contributed by atoms with Gasteiger partial charge in [0.2, 0.25) is 0 Å². The summed E-state index contributed by atoms with van der Waals surface area (Å²) in [7, 11) is 3.43. The first-order chi connectivity index (χ1) is 9.00. The molecule has 0 aromatic carbocycles. The fraction of sp³-hybridized carbons (Fsp3) is 0.571. The summed E-state index contributed by atoms with van der Waals surface area (Å²) in [5.74, 6) is -0.0909. The molecule has 5 heteroatoms. The summed E-state index contributed by atoms with van der Waals surface area (Å²) in [5.41, 5.74) is 1.36. The average Bonchev–Trinajstić information content (AvgIpc) is 2.37. The lowest BCUT2D eigenvalue weighted by Gasteiger charge is -2.11. The molecule has 1 heterocycles. The van der Waals surface area contributed by atoms with Crippen LogP contribution >= 0.6 is 0 Å². The highest BCUT2D eigenvalue weighted by atomic mass is 16.5. The van der Waals surface area contributed by atoms with Crippen molar-refractivity contribution >= 4 is 11.6 Å². The minimum atomic E-state index is -0.0909. The monoisotopic (exact) mass is 265 g/mol. The van der Waals surface area contributed by atoms with Gasteiger partial charge in [0.1, 0.15) is 5.69 Å². The number of carbonyl (C=O) groups is 1. The van der Waals surface area contributed by atoms with E-state index >= 15 is 0 Å². The van der Waals surface area contributed by atoms with Gasteiger partial charge in [0.25, 0.3) is 5.91 Å². The van der Waals surface area contributed by atoms with Crippen LogP contribution < -0.4 is 5.32 Å². The zero-order valence-corrected chi connectivity index (χ0v) is 12.1. The number of nitrogens with zero attached hydrogens (tertiary/aromatic N) is 2. The average molecular weight is 265 g/mol. The highest BCUT2D eigenvalue weighted by molar-refractivity contribution is 5.92. The predicted octanol–water partition coefficient (Wildman–Crippen LogP) is 2.01. The van der Waals surface area contributed by atoms with Gasteiger partial charge >= 0.3 is 0 Å². The van der Waals surface area contributed by atoms with Crippen molar-refractivity contribution in [1.82, 2.24) is 9.88 Å². The largest absolute Gasteiger partial charge is 0.385 e. The molecule has 0 atom stereocenters. The Bertz CT molecular complexity index is 405. The number of ether oxygens (including phenoxy) is 1. The van der Waals surface area contributed by atoms with E-state index in [2.05, 4.69) is 10.3 Å². The first-order valence-electron chi connectivity index (χ1n) is 6.54. The number of aromatic nitrogens is 1. The molecule has 0 aliphatic carbocycles. The van der Waals surface area contributed by atoms with Gasteiger partial charge in [0.15, 0.2) is 0 Å². The molecule has 0 aliphatic rings. The van der Waals surface area contributed by atoms with Crippen LogP contribution in [-0.4, -0.2) is 49.1 Å². The second kappa shape index (κ2) is 7.74. The summed E-state index contributed by atoms with van der Waals surface area (Å²) < 4.78 is 5.46. The SMILES string of the molecule is CC(C)OCCCNc1ccnc(C(=O)N(C)C)c1. The smallest absolute Gasteiger partial charge is 0.272 e. The molecule has 0 unspecified atom stereocenters. The molecule has 1 aromatic heterocycles. The van der Waals surface area contributed by atoms with Gasteiger partial charge in [-0.3, -0.25) is 9.78 Å². The third-order valence-electron chi connectivity index (χ3n) is 2.49. The lowest BCUT2D eigenvalue weighted by molar-refractivity contribution is 0.0786. The topological polar surface area (TPSA) is 54.5 Å². The van der Waals surface area contributed by atoms with E-state index in [9.17, 15) is 4.79 Å². The number of pyridine rings is 1. The zero-order chi connectivity index (χ0) is 14.3. The number of hydrogen-bond donors (Lipinski definition) is 1. The quantitative estimate of drug-likeness (QED) is 0.766. The molecule has 0 aliphatic heterocycles. The maximum Gasteiger partial charge on any atom is 0.272 e. The van der Waals surface area contributed by atoms with E-state index in [0.717, 1.165) is 25.3 Å². The van der Waals surface area contributed by atoms with E-state index in [1.165, 1.54) is 4.90 Å². The Morgan fingerprint density at radius 3 is 2.84 bits per heavy atom. The Hall–Kier alpha value is -1.62. The first-order valence-corrected chi connectivity index (χ1v) is 6.54. The van der Waals surface area contributed by atoms with E-state index in [1.807, 2.05) is 19.9 Å². The van der Waals surface area contributed by atoms with Gasteiger partial charge in [-0.1, -0.05) is 0 Å². The fourth-order valence-corrected chi connectivity index (χ4v) is 1.51. The molecule has 5 nitrogen and oxygen atoms in total. The van der Waals surface area contributed by atoms with Crippen molar-refractivity contribution in [1.29, 1.82) is 0 Å². The number of nitrogens with one attached hydrogen (secondary N) is 1. The minimum absolute atomic E-state index is 0.0909. The predicted molar refractivity (Wildman–Crippen MR) is 76.4 cm³/mol. The van der Waals surface area contributed by atoms with E-state index in [-0.39, 0.29) is 12.0 Å².